The number of allylic oxidation sites excluding steroid dienone is 1. The van der Waals surface area contributed by atoms with Crippen LogP contribution in [0.25, 0.3) is 0 Å². The summed E-state index contributed by atoms with van der Waals surface area (Å²) in [6, 6.07) is 0. The molecule has 1 aromatic heterocycles. The third-order valence-electron chi connectivity index (χ3n) is 4.70. The van der Waals surface area contributed by atoms with Crippen molar-refractivity contribution in [2.75, 3.05) is 13.6 Å². The Hall–Kier alpha value is -1.12. The third kappa shape index (κ3) is 5.19. The van der Waals surface area contributed by atoms with Gasteiger partial charge in [0.25, 0.3) is 0 Å². The van der Waals surface area contributed by atoms with Crippen molar-refractivity contribution in [1.29, 1.82) is 0 Å². The van der Waals surface area contributed by atoms with Crippen LogP contribution in [0.3, 0.4) is 0 Å². The minimum atomic E-state index is 0. The van der Waals surface area contributed by atoms with Crippen LogP contribution in [0.4, 0.5) is 0 Å². The lowest BCUT2D eigenvalue weighted by atomic mass is 9.97. The fourth-order valence-corrected chi connectivity index (χ4v) is 3.36. The second kappa shape index (κ2) is 10.0. The molecule has 1 aromatic rings. The summed E-state index contributed by atoms with van der Waals surface area (Å²) in [5.74, 6) is 2.98. The molecular weight excluding hydrogens is 415 g/mol. The Balaban J connectivity index is 0.00000208. The molecule has 0 radical (unpaired) electrons. The smallest absolute Gasteiger partial charge is 0.191 e. The average Bonchev–Trinajstić information content (AvgIpc) is 3.02. The SMILES string of the molecule is CN=C(NCCC1=CCCCC1)NCc1nnc2n1CCCC2.I. The number of aryl methyl sites for hydroxylation is 1. The molecule has 0 amide bonds. The lowest BCUT2D eigenvalue weighted by Crippen LogP contribution is -2.38. The molecule has 6 nitrogen and oxygen atoms in total. The fraction of sp³-hybridized carbons (Fsp3) is 0.706. The highest BCUT2D eigenvalue weighted by Gasteiger charge is 2.15. The summed E-state index contributed by atoms with van der Waals surface area (Å²) < 4.78 is 2.25. The highest BCUT2D eigenvalue weighted by Crippen LogP contribution is 2.19. The summed E-state index contributed by atoms with van der Waals surface area (Å²) in [5.41, 5.74) is 1.59. The van der Waals surface area contributed by atoms with E-state index in [2.05, 4.69) is 36.5 Å². The molecule has 0 bridgehead atoms. The Morgan fingerprint density at radius 3 is 2.83 bits per heavy atom. The summed E-state index contributed by atoms with van der Waals surface area (Å²) in [6.45, 7) is 2.65. The Labute approximate surface area is 161 Å². The molecule has 0 aromatic carbocycles. The molecule has 24 heavy (non-hydrogen) atoms. The van der Waals surface area contributed by atoms with Gasteiger partial charge in [-0.15, -0.1) is 34.2 Å². The number of fused-ring (bicyclic) bond motifs is 1. The minimum absolute atomic E-state index is 0. The van der Waals surface area contributed by atoms with Crippen LogP contribution in [-0.4, -0.2) is 34.3 Å². The van der Waals surface area contributed by atoms with Crippen molar-refractivity contribution in [2.24, 2.45) is 4.99 Å². The van der Waals surface area contributed by atoms with E-state index >= 15 is 0 Å². The highest BCUT2D eigenvalue weighted by atomic mass is 127. The molecule has 2 N–H and O–H groups in total. The summed E-state index contributed by atoms with van der Waals surface area (Å²) >= 11 is 0. The monoisotopic (exact) mass is 444 g/mol. The molecule has 3 rings (SSSR count). The van der Waals surface area contributed by atoms with E-state index in [0.29, 0.717) is 6.54 Å². The molecule has 0 saturated heterocycles. The van der Waals surface area contributed by atoms with Gasteiger partial charge in [-0.3, -0.25) is 4.99 Å². The summed E-state index contributed by atoms with van der Waals surface area (Å²) in [4.78, 5) is 4.30. The zero-order valence-electron chi connectivity index (χ0n) is 14.6. The van der Waals surface area contributed by atoms with Gasteiger partial charge >= 0.3 is 0 Å². The Morgan fingerprint density at radius 1 is 1.17 bits per heavy atom. The first-order valence-corrected chi connectivity index (χ1v) is 8.90. The summed E-state index contributed by atoms with van der Waals surface area (Å²) in [5, 5.41) is 15.4. The first kappa shape index (κ1) is 19.2. The van der Waals surface area contributed by atoms with Gasteiger partial charge in [-0.05, 0) is 44.9 Å². The number of nitrogens with one attached hydrogen (secondary N) is 2. The molecule has 134 valence electrons. The van der Waals surface area contributed by atoms with Crippen molar-refractivity contribution in [3.63, 3.8) is 0 Å². The molecule has 1 aliphatic heterocycles. The summed E-state index contributed by atoms with van der Waals surface area (Å²) in [6.07, 6.45) is 12.2. The molecule has 0 fully saturated rings. The van der Waals surface area contributed by atoms with E-state index in [9.17, 15) is 0 Å². The number of guanidine groups is 1. The normalized spacial score (nSPS) is 17.5. The van der Waals surface area contributed by atoms with E-state index in [1.807, 2.05) is 7.05 Å². The molecule has 7 heteroatoms. The van der Waals surface area contributed by atoms with E-state index in [-0.39, 0.29) is 24.0 Å². The molecular formula is C17H29IN6. The van der Waals surface area contributed by atoms with Gasteiger partial charge in [0.2, 0.25) is 0 Å². The van der Waals surface area contributed by atoms with Gasteiger partial charge < -0.3 is 15.2 Å². The first-order chi connectivity index (χ1) is 11.4. The molecule has 2 heterocycles. The molecule has 0 unspecified atom stereocenters. The number of aromatic nitrogens is 3. The van der Waals surface area contributed by atoms with Gasteiger partial charge in [-0.25, -0.2) is 0 Å². The van der Waals surface area contributed by atoms with E-state index in [4.69, 9.17) is 0 Å². The maximum atomic E-state index is 4.32. The number of halogens is 1. The van der Waals surface area contributed by atoms with E-state index in [1.54, 1.807) is 5.57 Å². The summed E-state index contributed by atoms with van der Waals surface area (Å²) in [7, 11) is 1.81. The lowest BCUT2D eigenvalue weighted by molar-refractivity contribution is 0.504. The minimum Gasteiger partial charge on any atom is -0.356 e. The second-order valence-electron chi connectivity index (χ2n) is 6.35. The zero-order valence-corrected chi connectivity index (χ0v) is 16.9. The molecule has 2 aliphatic rings. The lowest BCUT2D eigenvalue weighted by Gasteiger charge is -2.17. The zero-order chi connectivity index (χ0) is 15.9. The molecule has 0 saturated carbocycles. The van der Waals surface area contributed by atoms with Crippen molar-refractivity contribution in [3.05, 3.63) is 23.3 Å². The number of hydrogen-bond donors (Lipinski definition) is 2. The quantitative estimate of drug-likeness (QED) is 0.317. The maximum Gasteiger partial charge on any atom is 0.191 e. The molecule has 0 spiro atoms. The van der Waals surface area contributed by atoms with Crippen LogP contribution in [0.5, 0.6) is 0 Å². The van der Waals surface area contributed by atoms with Crippen molar-refractivity contribution in [3.8, 4) is 0 Å². The predicted molar refractivity (Wildman–Crippen MR) is 108 cm³/mol. The number of hydrogen-bond acceptors (Lipinski definition) is 3. The van der Waals surface area contributed by atoms with Gasteiger partial charge in [0.1, 0.15) is 5.82 Å². The van der Waals surface area contributed by atoms with Crippen molar-refractivity contribution < 1.29 is 0 Å². The van der Waals surface area contributed by atoms with Crippen LogP contribution in [0.1, 0.15) is 56.6 Å². The fourth-order valence-electron chi connectivity index (χ4n) is 3.36. The van der Waals surface area contributed by atoms with Gasteiger partial charge in [-0.1, -0.05) is 11.6 Å². The maximum absolute atomic E-state index is 4.32. The van der Waals surface area contributed by atoms with Gasteiger partial charge in [0.05, 0.1) is 6.54 Å². The number of rotatable bonds is 5. The molecule has 0 atom stereocenters. The topological polar surface area (TPSA) is 67.1 Å². The Morgan fingerprint density at radius 2 is 2.04 bits per heavy atom. The standard InChI is InChI=1S/C17H28N6.HI/c1-18-17(19-11-10-14-7-3-2-4-8-14)20-13-16-22-21-15-9-5-6-12-23(15)16;/h7H,2-6,8-13H2,1H3,(H2,18,19,20);1H. The highest BCUT2D eigenvalue weighted by molar-refractivity contribution is 14.0. The van der Waals surface area contributed by atoms with Gasteiger partial charge in [-0.2, -0.15) is 0 Å². The van der Waals surface area contributed by atoms with Crippen LogP contribution >= 0.6 is 24.0 Å². The number of nitrogens with zero attached hydrogens (tertiary/aromatic N) is 4. The van der Waals surface area contributed by atoms with Crippen LogP contribution in [0.15, 0.2) is 16.6 Å². The van der Waals surface area contributed by atoms with Crippen LogP contribution in [0.2, 0.25) is 0 Å². The molecule has 1 aliphatic carbocycles. The van der Waals surface area contributed by atoms with Gasteiger partial charge in [0, 0.05) is 26.6 Å². The van der Waals surface area contributed by atoms with Crippen molar-refractivity contribution in [2.45, 2.75) is 64.5 Å². The van der Waals surface area contributed by atoms with Crippen LogP contribution in [-0.2, 0) is 19.5 Å². The Kier molecular flexibility index (Phi) is 8.01. The van der Waals surface area contributed by atoms with E-state index < -0.39 is 0 Å². The average molecular weight is 444 g/mol. The Bertz CT molecular complexity index is 578. The van der Waals surface area contributed by atoms with Crippen molar-refractivity contribution >= 4 is 29.9 Å². The van der Waals surface area contributed by atoms with Gasteiger partial charge in [0.15, 0.2) is 11.8 Å². The van der Waals surface area contributed by atoms with Crippen LogP contribution < -0.4 is 10.6 Å². The number of aliphatic imine (C=N–C) groups is 1. The second-order valence-corrected chi connectivity index (χ2v) is 6.35. The predicted octanol–water partition coefficient (Wildman–Crippen LogP) is 2.79. The van der Waals surface area contributed by atoms with Crippen molar-refractivity contribution in [1.82, 2.24) is 25.4 Å². The largest absolute Gasteiger partial charge is 0.356 e. The van der Waals surface area contributed by atoms with E-state index in [0.717, 1.165) is 43.5 Å². The van der Waals surface area contributed by atoms with E-state index in [1.165, 1.54) is 38.5 Å². The third-order valence-corrected chi connectivity index (χ3v) is 4.70. The van der Waals surface area contributed by atoms with Crippen LogP contribution in [0, 0.1) is 0 Å². The first-order valence-electron chi connectivity index (χ1n) is 8.90.